The largest absolute Gasteiger partial charge is 0.468 e. The first-order chi connectivity index (χ1) is 7.79. The van der Waals surface area contributed by atoms with Gasteiger partial charge >= 0.3 is 0 Å². The molecule has 0 spiro atoms. The standard InChI is InChI=1S/C9H13NO5S2/c1-16(11,12)10-5-9(6-10)17(13,14)7-8-3-2-4-15-8/h2-4,9H,5-7H2,1H3. The van der Waals surface area contributed by atoms with Crippen LogP contribution in [0, 0.1) is 0 Å². The van der Waals surface area contributed by atoms with Crippen molar-refractivity contribution < 1.29 is 21.3 Å². The molecule has 0 unspecified atom stereocenters. The van der Waals surface area contributed by atoms with Crippen LogP contribution >= 0.6 is 0 Å². The second kappa shape index (κ2) is 4.11. The topological polar surface area (TPSA) is 84.7 Å². The molecule has 0 aromatic carbocycles. The second-order valence-electron chi connectivity index (χ2n) is 4.09. The molecule has 1 aliphatic heterocycles. The van der Waals surface area contributed by atoms with Crippen LogP contribution < -0.4 is 0 Å². The Bertz CT molecular complexity index is 581. The average molecular weight is 279 g/mol. The van der Waals surface area contributed by atoms with E-state index in [0.717, 1.165) is 10.6 Å². The number of hydrogen-bond donors (Lipinski definition) is 0. The van der Waals surface area contributed by atoms with Crippen LogP contribution in [-0.4, -0.2) is 45.7 Å². The lowest BCUT2D eigenvalue weighted by Crippen LogP contribution is -2.56. The van der Waals surface area contributed by atoms with Gasteiger partial charge in [0.2, 0.25) is 10.0 Å². The third kappa shape index (κ3) is 2.70. The second-order valence-corrected chi connectivity index (χ2v) is 8.35. The van der Waals surface area contributed by atoms with Gasteiger partial charge in [-0.1, -0.05) is 0 Å². The molecule has 96 valence electrons. The summed E-state index contributed by atoms with van der Waals surface area (Å²) in [5.74, 6) is 0.199. The van der Waals surface area contributed by atoms with Gasteiger partial charge in [-0.05, 0) is 12.1 Å². The van der Waals surface area contributed by atoms with Crippen molar-refractivity contribution in [3.05, 3.63) is 24.2 Å². The van der Waals surface area contributed by atoms with E-state index in [1.807, 2.05) is 0 Å². The molecule has 1 aromatic heterocycles. The van der Waals surface area contributed by atoms with Crippen molar-refractivity contribution in [2.45, 2.75) is 11.0 Å². The zero-order valence-electron chi connectivity index (χ0n) is 9.24. The van der Waals surface area contributed by atoms with Crippen LogP contribution in [0.15, 0.2) is 22.8 Å². The van der Waals surface area contributed by atoms with Crippen LogP contribution in [0.1, 0.15) is 5.76 Å². The Morgan fingerprint density at radius 2 is 2.00 bits per heavy atom. The fourth-order valence-electron chi connectivity index (χ4n) is 1.61. The first-order valence-corrected chi connectivity index (χ1v) is 8.54. The minimum absolute atomic E-state index is 0.0435. The van der Waals surface area contributed by atoms with Gasteiger partial charge < -0.3 is 4.42 Å². The van der Waals surface area contributed by atoms with Crippen LogP contribution in [0.4, 0.5) is 0 Å². The Morgan fingerprint density at radius 1 is 1.35 bits per heavy atom. The molecule has 1 aliphatic rings. The van der Waals surface area contributed by atoms with Gasteiger partial charge in [-0.25, -0.2) is 16.8 Å². The highest BCUT2D eigenvalue weighted by atomic mass is 32.2. The summed E-state index contributed by atoms with van der Waals surface area (Å²) in [7, 11) is -6.62. The summed E-state index contributed by atoms with van der Waals surface area (Å²) in [5, 5.41) is -0.623. The predicted octanol–water partition coefficient (Wildman–Crippen LogP) is -0.162. The number of furan rings is 1. The summed E-state index contributed by atoms with van der Waals surface area (Å²) in [5.41, 5.74) is 0. The molecule has 0 atom stereocenters. The lowest BCUT2D eigenvalue weighted by molar-refractivity contribution is 0.311. The first kappa shape index (κ1) is 12.6. The summed E-state index contributed by atoms with van der Waals surface area (Å²) in [4.78, 5) is 0. The van der Waals surface area contributed by atoms with E-state index in [1.54, 1.807) is 12.1 Å². The average Bonchev–Trinajstić information content (AvgIpc) is 2.48. The van der Waals surface area contributed by atoms with Crippen LogP contribution in [-0.2, 0) is 25.6 Å². The Kier molecular flexibility index (Phi) is 3.04. The number of rotatable bonds is 4. The van der Waals surface area contributed by atoms with Gasteiger partial charge in [0.15, 0.2) is 9.84 Å². The maximum atomic E-state index is 11.9. The molecule has 0 amide bonds. The maximum absolute atomic E-state index is 11.9. The van der Waals surface area contributed by atoms with Gasteiger partial charge in [-0.15, -0.1) is 0 Å². The van der Waals surface area contributed by atoms with E-state index in [1.165, 1.54) is 6.26 Å². The molecule has 1 fully saturated rings. The maximum Gasteiger partial charge on any atom is 0.211 e. The SMILES string of the molecule is CS(=O)(=O)N1CC(S(=O)(=O)Cc2ccco2)C1. The molecule has 0 aliphatic carbocycles. The van der Waals surface area contributed by atoms with Crippen molar-refractivity contribution in [3.8, 4) is 0 Å². The molecule has 0 bridgehead atoms. The van der Waals surface area contributed by atoms with Crippen molar-refractivity contribution in [2.75, 3.05) is 19.3 Å². The van der Waals surface area contributed by atoms with Crippen LogP contribution in [0.25, 0.3) is 0 Å². The highest BCUT2D eigenvalue weighted by molar-refractivity contribution is 7.92. The van der Waals surface area contributed by atoms with Gasteiger partial charge in [-0.2, -0.15) is 4.31 Å². The van der Waals surface area contributed by atoms with Gasteiger partial charge in [0.25, 0.3) is 0 Å². The van der Waals surface area contributed by atoms with Crippen molar-refractivity contribution in [3.63, 3.8) is 0 Å². The first-order valence-electron chi connectivity index (χ1n) is 4.98. The van der Waals surface area contributed by atoms with E-state index in [-0.39, 0.29) is 18.8 Å². The fourth-order valence-corrected chi connectivity index (χ4v) is 4.31. The molecule has 2 heterocycles. The van der Waals surface area contributed by atoms with E-state index in [0.29, 0.717) is 5.76 Å². The fraction of sp³-hybridized carbons (Fsp3) is 0.556. The lowest BCUT2D eigenvalue weighted by atomic mass is 10.3. The molecule has 1 aromatic rings. The molecule has 6 nitrogen and oxygen atoms in total. The smallest absolute Gasteiger partial charge is 0.211 e. The lowest BCUT2D eigenvalue weighted by Gasteiger charge is -2.36. The minimum atomic E-state index is -3.34. The van der Waals surface area contributed by atoms with Gasteiger partial charge in [-0.3, -0.25) is 0 Å². The van der Waals surface area contributed by atoms with Crippen LogP contribution in [0.5, 0.6) is 0 Å². The Hall–Kier alpha value is -0.860. The summed E-state index contributed by atoms with van der Waals surface area (Å²) < 4.78 is 52.1. The molecule has 8 heteroatoms. The Labute approximate surface area is 100 Å². The molecule has 0 radical (unpaired) electrons. The monoisotopic (exact) mass is 279 g/mol. The van der Waals surface area contributed by atoms with E-state index in [9.17, 15) is 16.8 Å². The predicted molar refractivity (Wildman–Crippen MR) is 61.5 cm³/mol. The highest BCUT2D eigenvalue weighted by Crippen LogP contribution is 2.22. The van der Waals surface area contributed by atoms with Crippen molar-refractivity contribution in [1.82, 2.24) is 4.31 Å². The Morgan fingerprint density at radius 3 is 2.47 bits per heavy atom. The van der Waals surface area contributed by atoms with E-state index >= 15 is 0 Å². The molecule has 2 rings (SSSR count). The van der Waals surface area contributed by atoms with Crippen molar-refractivity contribution >= 4 is 19.9 Å². The van der Waals surface area contributed by atoms with Gasteiger partial charge in [0.1, 0.15) is 11.5 Å². The molecule has 0 saturated carbocycles. The number of sulfonamides is 1. The summed E-state index contributed by atoms with van der Waals surface area (Å²) in [6.07, 6.45) is 2.48. The minimum Gasteiger partial charge on any atom is -0.468 e. The Balaban J connectivity index is 2.01. The molecule has 1 saturated heterocycles. The number of nitrogens with zero attached hydrogens (tertiary/aromatic N) is 1. The van der Waals surface area contributed by atoms with Crippen LogP contribution in [0.3, 0.4) is 0 Å². The number of sulfone groups is 1. The summed E-state index contributed by atoms with van der Waals surface area (Å²) >= 11 is 0. The summed E-state index contributed by atoms with van der Waals surface area (Å²) in [6, 6.07) is 3.21. The third-order valence-corrected chi connectivity index (χ3v) is 5.95. The van der Waals surface area contributed by atoms with Crippen molar-refractivity contribution in [2.24, 2.45) is 0 Å². The van der Waals surface area contributed by atoms with E-state index < -0.39 is 25.1 Å². The zero-order valence-corrected chi connectivity index (χ0v) is 10.9. The zero-order chi connectivity index (χ0) is 12.7. The summed E-state index contributed by atoms with van der Waals surface area (Å²) in [6.45, 7) is 0.0871. The quantitative estimate of drug-likeness (QED) is 0.764. The van der Waals surface area contributed by atoms with E-state index in [4.69, 9.17) is 4.42 Å². The highest BCUT2D eigenvalue weighted by Gasteiger charge is 2.41. The molecular formula is C9H13NO5S2. The molecular weight excluding hydrogens is 266 g/mol. The number of hydrogen-bond acceptors (Lipinski definition) is 5. The van der Waals surface area contributed by atoms with E-state index in [2.05, 4.69) is 0 Å². The van der Waals surface area contributed by atoms with Gasteiger partial charge in [0.05, 0.1) is 17.8 Å². The van der Waals surface area contributed by atoms with Crippen LogP contribution in [0.2, 0.25) is 0 Å². The molecule has 0 N–H and O–H groups in total. The molecule has 17 heavy (non-hydrogen) atoms. The van der Waals surface area contributed by atoms with Crippen molar-refractivity contribution in [1.29, 1.82) is 0 Å². The normalized spacial score (nSPS) is 19.1. The third-order valence-electron chi connectivity index (χ3n) is 2.71. The van der Waals surface area contributed by atoms with Gasteiger partial charge in [0, 0.05) is 13.1 Å².